The molecule has 224 valence electrons. The number of hydrogen-bond donors (Lipinski definition) is 2. The highest BCUT2D eigenvalue weighted by molar-refractivity contribution is 6.31. The van der Waals surface area contributed by atoms with Gasteiger partial charge in [0.05, 0.1) is 5.41 Å². The van der Waals surface area contributed by atoms with Gasteiger partial charge in [-0.25, -0.2) is 0 Å². The minimum absolute atomic E-state index is 0.233. The Balaban J connectivity index is 0.00000118. The van der Waals surface area contributed by atoms with E-state index in [2.05, 4.69) is 58.7 Å². The largest absolute Gasteiger partial charge is 0.481 e. The van der Waals surface area contributed by atoms with E-state index in [-0.39, 0.29) is 16.2 Å². The summed E-state index contributed by atoms with van der Waals surface area (Å²) in [6, 6.07) is 0. The second-order valence-electron chi connectivity index (χ2n) is 14.6. The van der Waals surface area contributed by atoms with E-state index < -0.39 is 11.4 Å². The number of carboxylic acid groups (broad SMARTS) is 1. The summed E-state index contributed by atoms with van der Waals surface area (Å²) in [6.07, 6.45) is 21.6. The number of nitrogens with one attached hydrogen (secondary N) is 1. The third kappa shape index (κ3) is 5.05. The quantitative estimate of drug-likeness (QED) is 0.331. The van der Waals surface area contributed by atoms with Gasteiger partial charge in [0.2, 0.25) is 0 Å². The van der Waals surface area contributed by atoms with Gasteiger partial charge in [0.15, 0.2) is 0 Å². The number of halogens is 1. The molecule has 4 saturated carbocycles. The van der Waals surface area contributed by atoms with Crippen molar-refractivity contribution in [3.63, 3.8) is 0 Å². The summed E-state index contributed by atoms with van der Waals surface area (Å²) in [5, 5.41) is 14.9. The van der Waals surface area contributed by atoms with Crippen molar-refractivity contribution in [3.05, 3.63) is 47.2 Å². The number of hydrogen-bond acceptors (Lipinski definition) is 2. The fourth-order valence-electron chi connectivity index (χ4n) is 10.9. The molecular weight excluding hydrogens is 514 g/mol. The predicted octanol–water partition coefficient (Wildman–Crippen LogP) is 10.0. The molecule has 0 saturated heterocycles. The highest BCUT2D eigenvalue weighted by Gasteiger charge is 2.69. The van der Waals surface area contributed by atoms with Crippen LogP contribution in [0.3, 0.4) is 0 Å². The molecule has 1 heterocycles. The van der Waals surface area contributed by atoms with Gasteiger partial charge in [-0.2, -0.15) is 0 Å². The highest BCUT2D eigenvalue weighted by atomic mass is 35.5. The van der Waals surface area contributed by atoms with Gasteiger partial charge in [0.1, 0.15) is 0 Å². The maximum absolute atomic E-state index is 12.6. The summed E-state index contributed by atoms with van der Waals surface area (Å²) in [4.78, 5) is 12.6. The van der Waals surface area contributed by atoms with Crippen LogP contribution < -0.4 is 5.32 Å². The zero-order valence-corrected chi connectivity index (χ0v) is 27.0. The van der Waals surface area contributed by atoms with Crippen LogP contribution in [0.1, 0.15) is 119 Å². The van der Waals surface area contributed by atoms with Gasteiger partial charge in [0, 0.05) is 17.3 Å². The van der Waals surface area contributed by atoms with E-state index in [0.717, 1.165) is 62.4 Å². The van der Waals surface area contributed by atoms with E-state index in [1.54, 1.807) is 6.08 Å². The van der Waals surface area contributed by atoms with Crippen LogP contribution in [0, 0.1) is 45.3 Å². The Morgan fingerprint density at radius 1 is 1.10 bits per heavy atom. The third-order valence-corrected chi connectivity index (χ3v) is 13.5. The lowest BCUT2D eigenvalue weighted by molar-refractivity contribution is -0.218. The van der Waals surface area contributed by atoms with E-state index in [1.165, 1.54) is 43.4 Å². The van der Waals surface area contributed by atoms with Gasteiger partial charge in [-0.3, -0.25) is 4.79 Å². The van der Waals surface area contributed by atoms with Crippen LogP contribution in [-0.2, 0) is 4.79 Å². The van der Waals surface area contributed by atoms with Gasteiger partial charge in [-0.05, 0) is 130 Å². The summed E-state index contributed by atoms with van der Waals surface area (Å²) in [5.74, 6) is 1.83. The zero-order chi connectivity index (χ0) is 29.3. The van der Waals surface area contributed by atoms with Crippen molar-refractivity contribution >= 4 is 17.6 Å². The molecule has 1 aliphatic heterocycles. The van der Waals surface area contributed by atoms with E-state index >= 15 is 0 Å². The normalized spacial score (nSPS) is 46.7. The van der Waals surface area contributed by atoms with Crippen molar-refractivity contribution < 1.29 is 9.90 Å². The van der Waals surface area contributed by atoms with Crippen molar-refractivity contribution in [3.8, 4) is 0 Å². The summed E-state index contributed by atoms with van der Waals surface area (Å²) >= 11 is 6.50. The second-order valence-corrected chi connectivity index (χ2v) is 15.0. The van der Waals surface area contributed by atoms with Crippen molar-refractivity contribution in [2.75, 3.05) is 6.54 Å². The minimum Gasteiger partial charge on any atom is -0.481 e. The Morgan fingerprint density at radius 3 is 2.50 bits per heavy atom. The summed E-state index contributed by atoms with van der Waals surface area (Å²) < 4.78 is 0. The third-order valence-electron chi connectivity index (χ3n) is 13.2. The van der Waals surface area contributed by atoms with E-state index in [4.69, 9.17) is 11.6 Å². The number of rotatable bonds is 4. The minimum atomic E-state index is -0.500. The highest BCUT2D eigenvalue weighted by Crippen LogP contribution is 2.75. The lowest BCUT2D eigenvalue weighted by Crippen LogP contribution is -2.64. The first-order chi connectivity index (χ1) is 18.9. The fourth-order valence-corrected chi connectivity index (χ4v) is 11.1. The molecule has 0 bridgehead atoms. The topological polar surface area (TPSA) is 49.3 Å². The van der Waals surface area contributed by atoms with Crippen molar-refractivity contribution in [2.45, 2.75) is 119 Å². The van der Waals surface area contributed by atoms with Gasteiger partial charge >= 0.3 is 5.97 Å². The lowest BCUT2D eigenvalue weighted by atomic mass is 9.34. The standard InChI is InChI=1S/C33H50ClNO2.C3H6/c1-6-24-15-17-32(5)28(30(24,3)21-23-11-12-25(34)9-8-20-35-22(23)2)14-13-26-27-10-7-16-33(27,29(36)37)19-18-31(26,32)4;1-3-2/h8-9,12,24,26-28,35H,6-7,10-11,13-21H2,1-5H3,(H,36,37);3H,1H2,2H3/b9-8-,23-22+,25-12+;/t24?,26?,27?,28?,30-,31+,32+,33-;/m0./s1. The first kappa shape index (κ1) is 31.5. The summed E-state index contributed by atoms with van der Waals surface area (Å²) in [6.45, 7) is 18.6. The maximum atomic E-state index is 12.6. The number of allylic oxidation sites excluding steroid dienone is 6. The van der Waals surface area contributed by atoms with Gasteiger partial charge in [-0.1, -0.05) is 70.4 Å². The molecule has 5 rings (SSSR count). The average molecular weight is 570 g/mol. The van der Waals surface area contributed by atoms with Crippen LogP contribution >= 0.6 is 11.6 Å². The molecule has 40 heavy (non-hydrogen) atoms. The van der Waals surface area contributed by atoms with Gasteiger partial charge < -0.3 is 10.4 Å². The molecule has 0 aromatic carbocycles. The van der Waals surface area contributed by atoms with Gasteiger partial charge in [-0.15, -0.1) is 6.58 Å². The Hall–Kier alpha value is -1.48. The molecular formula is C36H56ClNO2. The van der Waals surface area contributed by atoms with E-state index in [1.807, 2.05) is 13.0 Å². The molecule has 0 aromatic heterocycles. The summed E-state index contributed by atoms with van der Waals surface area (Å²) in [5.41, 5.74) is 3.14. The Morgan fingerprint density at radius 2 is 1.82 bits per heavy atom. The first-order valence-corrected chi connectivity index (χ1v) is 16.6. The Kier molecular flexibility index (Phi) is 9.45. The second kappa shape index (κ2) is 12.0. The number of fused-ring (bicyclic) bond motifs is 5. The monoisotopic (exact) mass is 569 g/mol. The zero-order valence-electron chi connectivity index (χ0n) is 26.3. The van der Waals surface area contributed by atoms with Crippen molar-refractivity contribution in [1.29, 1.82) is 0 Å². The molecule has 4 aliphatic carbocycles. The molecule has 4 unspecified atom stereocenters. The average Bonchev–Trinajstić information content (AvgIpc) is 3.37. The molecule has 0 spiro atoms. The van der Waals surface area contributed by atoms with Gasteiger partial charge in [0.25, 0.3) is 0 Å². The molecule has 3 nitrogen and oxygen atoms in total. The predicted molar refractivity (Wildman–Crippen MR) is 169 cm³/mol. The Labute approximate surface area is 250 Å². The van der Waals surface area contributed by atoms with E-state index in [9.17, 15) is 9.90 Å². The SMILES string of the molecule is C=CC.CCC1CC[C@]2(C)C(CCC3C4CCC[C@]4(C(=O)O)CC[C@]32C)[C@@]1(C)C/C1=C(\C)NC/C=C\C(Cl)=C/C1. The van der Waals surface area contributed by atoms with Crippen molar-refractivity contribution in [2.24, 2.45) is 45.3 Å². The van der Waals surface area contributed by atoms with Crippen LogP contribution in [0.2, 0.25) is 0 Å². The van der Waals surface area contributed by atoms with Crippen LogP contribution in [0.15, 0.2) is 47.2 Å². The van der Waals surface area contributed by atoms with Crippen LogP contribution in [0.4, 0.5) is 0 Å². The molecule has 4 heteroatoms. The molecule has 4 fully saturated rings. The molecule has 5 aliphatic rings. The molecule has 8 atom stereocenters. The van der Waals surface area contributed by atoms with E-state index in [0.29, 0.717) is 17.8 Å². The number of carboxylic acids is 1. The van der Waals surface area contributed by atoms with Crippen LogP contribution in [0.25, 0.3) is 0 Å². The number of aliphatic carboxylic acids is 1. The molecule has 0 radical (unpaired) electrons. The smallest absolute Gasteiger partial charge is 0.309 e. The van der Waals surface area contributed by atoms with Crippen molar-refractivity contribution in [1.82, 2.24) is 5.32 Å². The fraction of sp³-hybridized carbons (Fsp3) is 0.750. The van der Waals surface area contributed by atoms with Crippen LogP contribution in [0.5, 0.6) is 0 Å². The summed E-state index contributed by atoms with van der Waals surface area (Å²) in [7, 11) is 0. The molecule has 0 amide bonds. The maximum Gasteiger partial charge on any atom is 0.309 e. The lowest BCUT2D eigenvalue weighted by Gasteiger charge is -2.70. The Bertz CT molecular complexity index is 1060. The molecule has 2 N–H and O–H groups in total. The van der Waals surface area contributed by atoms with Crippen LogP contribution in [-0.4, -0.2) is 17.6 Å². The first-order valence-electron chi connectivity index (χ1n) is 16.2. The molecule has 0 aromatic rings. The number of carbonyl (C=O) groups is 1.